The molecule has 0 unspecified atom stereocenters. The number of halogens is 1. The van der Waals surface area contributed by atoms with Crippen molar-refractivity contribution in [3.63, 3.8) is 0 Å². The summed E-state index contributed by atoms with van der Waals surface area (Å²) in [5.74, 6) is -0.383. The first-order chi connectivity index (χ1) is 16.4. The van der Waals surface area contributed by atoms with Crippen LogP contribution in [-0.2, 0) is 7.05 Å². The summed E-state index contributed by atoms with van der Waals surface area (Å²) in [6, 6.07) is 10.2. The van der Waals surface area contributed by atoms with E-state index in [1.54, 1.807) is 21.8 Å². The third-order valence-electron chi connectivity index (χ3n) is 6.37. The maximum absolute atomic E-state index is 14.5. The fourth-order valence-corrected chi connectivity index (χ4v) is 4.58. The standard InChI is InChI=1S/C25H24FN7O/c1-15-23(25(34)32-10-4-5-18(27)14-32)30-24(16-6-8-21(28-2)20(26)12-16)33(15)19-7-9-22-17(11-19)13-29-31(22)3/h6-9,11-13,18H,4-5,10,14,27H2,1,3H3/t18-/m1/s1. The SMILES string of the molecule is [C-]#[N+]c1ccc(-c2nc(C(=O)N3CCC[C@@H](N)C3)c(C)n2-c2ccc3c(cnn3C)c2)cc1F. The Morgan fingerprint density at radius 3 is 2.82 bits per heavy atom. The van der Waals surface area contributed by atoms with Gasteiger partial charge in [0.1, 0.15) is 17.3 Å². The smallest absolute Gasteiger partial charge is 0.274 e. The summed E-state index contributed by atoms with van der Waals surface area (Å²) in [5, 5.41) is 5.24. The van der Waals surface area contributed by atoms with Gasteiger partial charge in [-0.3, -0.25) is 14.0 Å². The van der Waals surface area contributed by atoms with E-state index in [0.29, 0.717) is 35.9 Å². The van der Waals surface area contributed by atoms with Crippen LogP contribution in [0.25, 0.3) is 32.8 Å². The van der Waals surface area contributed by atoms with Crippen molar-refractivity contribution in [1.82, 2.24) is 24.2 Å². The van der Waals surface area contributed by atoms with Crippen molar-refractivity contribution in [2.24, 2.45) is 12.8 Å². The molecule has 2 aromatic carbocycles. The van der Waals surface area contributed by atoms with Crippen LogP contribution in [0.3, 0.4) is 0 Å². The topological polar surface area (TPSA) is 86.3 Å². The molecular weight excluding hydrogens is 433 g/mol. The molecule has 0 spiro atoms. The van der Waals surface area contributed by atoms with E-state index >= 15 is 0 Å². The highest BCUT2D eigenvalue weighted by Gasteiger charge is 2.28. The van der Waals surface area contributed by atoms with Gasteiger partial charge in [0.05, 0.1) is 24.0 Å². The van der Waals surface area contributed by atoms with E-state index in [4.69, 9.17) is 17.3 Å². The quantitative estimate of drug-likeness (QED) is 0.472. The Labute approximate surface area is 196 Å². The molecule has 5 rings (SSSR count). The molecule has 1 aliphatic rings. The van der Waals surface area contributed by atoms with Gasteiger partial charge in [0.2, 0.25) is 5.69 Å². The van der Waals surface area contributed by atoms with Crippen LogP contribution in [0.5, 0.6) is 0 Å². The molecule has 172 valence electrons. The van der Waals surface area contributed by atoms with E-state index < -0.39 is 5.82 Å². The van der Waals surface area contributed by atoms with Gasteiger partial charge in [-0.05, 0) is 44.0 Å². The third-order valence-corrected chi connectivity index (χ3v) is 6.37. The minimum Gasteiger partial charge on any atom is -0.336 e. The zero-order valence-corrected chi connectivity index (χ0v) is 19.0. The number of likely N-dealkylation sites (tertiary alicyclic amines) is 1. The normalized spacial score (nSPS) is 16.1. The average molecular weight is 458 g/mol. The molecule has 1 aliphatic heterocycles. The summed E-state index contributed by atoms with van der Waals surface area (Å²) in [6.45, 7) is 10.1. The van der Waals surface area contributed by atoms with Gasteiger partial charge in [0.15, 0.2) is 0 Å². The van der Waals surface area contributed by atoms with Crippen molar-refractivity contribution in [3.05, 3.63) is 71.2 Å². The predicted molar refractivity (Wildman–Crippen MR) is 127 cm³/mol. The van der Waals surface area contributed by atoms with Gasteiger partial charge >= 0.3 is 0 Å². The number of carbonyl (C=O) groups excluding carboxylic acids is 1. The maximum Gasteiger partial charge on any atom is 0.274 e. The van der Waals surface area contributed by atoms with Crippen LogP contribution in [0.15, 0.2) is 42.6 Å². The maximum atomic E-state index is 14.5. The number of aromatic nitrogens is 4. The summed E-state index contributed by atoms with van der Waals surface area (Å²) in [4.78, 5) is 23.1. The first-order valence-corrected chi connectivity index (χ1v) is 11.1. The number of benzene rings is 2. The first-order valence-electron chi connectivity index (χ1n) is 11.1. The molecule has 1 saturated heterocycles. The number of carbonyl (C=O) groups is 1. The molecule has 0 radical (unpaired) electrons. The molecule has 3 heterocycles. The van der Waals surface area contributed by atoms with Crippen LogP contribution in [-0.4, -0.2) is 49.3 Å². The highest BCUT2D eigenvalue weighted by Crippen LogP contribution is 2.31. The van der Waals surface area contributed by atoms with Gasteiger partial charge in [-0.2, -0.15) is 5.10 Å². The van der Waals surface area contributed by atoms with E-state index in [0.717, 1.165) is 29.4 Å². The molecule has 34 heavy (non-hydrogen) atoms. The zero-order chi connectivity index (χ0) is 24.0. The second kappa shape index (κ2) is 8.39. The monoisotopic (exact) mass is 457 g/mol. The number of rotatable bonds is 3. The molecular formula is C25H24FN7O. The number of piperidine rings is 1. The van der Waals surface area contributed by atoms with E-state index in [2.05, 4.69) is 9.94 Å². The highest BCUT2D eigenvalue weighted by atomic mass is 19.1. The fraction of sp³-hybridized carbons (Fsp3) is 0.280. The van der Waals surface area contributed by atoms with Crippen molar-refractivity contribution in [1.29, 1.82) is 0 Å². The molecule has 4 aromatic rings. The first kappa shape index (κ1) is 21.8. The number of fused-ring (bicyclic) bond motifs is 1. The Bertz CT molecular complexity index is 1460. The van der Waals surface area contributed by atoms with E-state index in [1.165, 1.54) is 12.1 Å². The number of hydrogen-bond acceptors (Lipinski definition) is 4. The lowest BCUT2D eigenvalue weighted by Gasteiger charge is -2.30. The summed E-state index contributed by atoms with van der Waals surface area (Å²) >= 11 is 0. The van der Waals surface area contributed by atoms with Crippen molar-refractivity contribution in [2.75, 3.05) is 13.1 Å². The molecule has 0 bridgehead atoms. The number of aryl methyl sites for hydroxylation is 1. The van der Waals surface area contributed by atoms with Gasteiger partial charge in [-0.25, -0.2) is 14.2 Å². The van der Waals surface area contributed by atoms with Gasteiger partial charge in [0, 0.05) is 42.8 Å². The lowest BCUT2D eigenvalue weighted by Crippen LogP contribution is -2.46. The molecule has 0 aliphatic carbocycles. The minimum absolute atomic E-state index is 0.0530. The summed E-state index contributed by atoms with van der Waals surface area (Å²) < 4.78 is 18.2. The van der Waals surface area contributed by atoms with Crippen LogP contribution in [0.1, 0.15) is 29.0 Å². The van der Waals surface area contributed by atoms with Gasteiger partial charge in [0.25, 0.3) is 5.91 Å². The Hall–Kier alpha value is -4.03. The summed E-state index contributed by atoms with van der Waals surface area (Å²) in [6.07, 6.45) is 3.51. The predicted octanol–water partition coefficient (Wildman–Crippen LogP) is 3.99. The lowest BCUT2D eigenvalue weighted by atomic mass is 10.1. The van der Waals surface area contributed by atoms with Gasteiger partial charge in [-0.1, -0.05) is 12.1 Å². The number of hydrogen-bond donors (Lipinski definition) is 1. The Morgan fingerprint density at radius 1 is 1.26 bits per heavy atom. The van der Waals surface area contributed by atoms with Crippen molar-refractivity contribution < 1.29 is 9.18 Å². The van der Waals surface area contributed by atoms with E-state index in [1.807, 2.05) is 36.7 Å². The second-order valence-corrected chi connectivity index (χ2v) is 8.65. The van der Waals surface area contributed by atoms with Crippen molar-refractivity contribution >= 4 is 22.5 Å². The van der Waals surface area contributed by atoms with Crippen molar-refractivity contribution in [2.45, 2.75) is 25.8 Å². The molecule has 0 saturated carbocycles. The fourth-order valence-electron chi connectivity index (χ4n) is 4.58. The van der Waals surface area contributed by atoms with Crippen LogP contribution in [0, 0.1) is 19.3 Å². The molecule has 1 atom stereocenters. The van der Waals surface area contributed by atoms with Crippen molar-refractivity contribution in [3.8, 4) is 17.1 Å². The molecule has 8 nitrogen and oxygen atoms in total. The largest absolute Gasteiger partial charge is 0.336 e. The van der Waals surface area contributed by atoms with Crippen LogP contribution < -0.4 is 5.73 Å². The number of nitrogens with two attached hydrogens (primary N) is 1. The average Bonchev–Trinajstić information content (AvgIpc) is 3.38. The van der Waals surface area contributed by atoms with Crippen LogP contribution in [0.2, 0.25) is 0 Å². The molecule has 1 fully saturated rings. The third kappa shape index (κ3) is 3.62. The Kier molecular flexibility index (Phi) is 5.38. The molecule has 2 N–H and O–H groups in total. The number of imidazole rings is 1. The van der Waals surface area contributed by atoms with E-state index in [9.17, 15) is 9.18 Å². The van der Waals surface area contributed by atoms with Gasteiger partial charge in [-0.15, -0.1) is 0 Å². The Morgan fingerprint density at radius 2 is 2.09 bits per heavy atom. The summed E-state index contributed by atoms with van der Waals surface area (Å²) in [7, 11) is 1.87. The Balaban J connectivity index is 1.68. The lowest BCUT2D eigenvalue weighted by molar-refractivity contribution is 0.0702. The number of amides is 1. The molecule has 2 aromatic heterocycles. The zero-order valence-electron chi connectivity index (χ0n) is 19.0. The number of nitrogens with zero attached hydrogens (tertiary/aromatic N) is 6. The molecule has 1 amide bonds. The summed E-state index contributed by atoms with van der Waals surface area (Å²) in [5.41, 5.74) is 9.23. The van der Waals surface area contributed by atoms with Crippen LogP contribution in [0.4, 0.5) is 10.1 Å². The molecule has 9 heteroatoms. The highest BCUT2D eigenvalue weighted by molar-refractivity contribution is 5.95. The second-order valence-electron chi connectivity index (χ2n) is 8.65. The van der Waals surface area contributed by atoms with Gasteiger partial charge < -0.3 is 10.6 Å². The minimum atomic E-state index is -0.628. The van der Waals surface area contributed by atoms with E-state index in [-0.39, 0.29) is 17.6 Å². The van der Waals surface area contributed by atoms with Crippen LogP contribution >= 0.6 is 0 Å².